The molecular weight excluding hydrogens is 172 g/mol. The van der Waals surface area contributed by atoms with Crippen LogP contribution in [0.2, 0.25) is 0 Å². The fourth-order valence-electron chi connectivity index (χ4n) is 1.19. The number of carbonyl (C=O) groups excluding carboxylic acids is 1. The lowest BCUT2D eigenvalue weighted by Crippen LogP contribution is -2.04. The van der Waals surface area contributed by atoms with Gasteiger partial charge < -0.3 is 10.5 Å². The standard InChI is InChI=1S/C7H8N4O2/c1-13-7(12)4-5(8)10-11-3-2-9-6(4)11/h2-3,10H,8H2,1H3. The number of esters is 1. The second-order valence-corrected chi connectivity index (χ2v) is 2.51. The van der Waals surface area contributed by atoms with Crippen molar-refractivity contribution < 1.29 is 9.53 Å². The van der Waals surface area contributed by atoms with Crippen molar-refractivity contribution in [2.75, 3.05) is 12.8 Å². The molecule has 0 unspecified atom stereocenters. The number of hydrogen-bond acceptors (Lipinski definition) is 4. The topological polar surface area (TPSA) is 85.4 Å². The van der Waals surface area contributed by atoms with E-state index in [2.05, 4.69) is 14.8 Å². The largest absolute Gasteiger partial charge is 0.465 e. The van der Waals surface area contributed by atoms with E-state index in [9.17, 15) is 4.79 Å². The van der Waals surface area contributed by atoms with E-state index in [1.54, 1.807) is 16.9 Å². The quantitative estimate of drug-likeness (QED) is 0.606. The lowest BCUT2D eigenvalue weighted by Gasteiger charge is -1.94. The third kappa shape index (κ3) is 0.952. The highest BCUT2D eigenvalue weighted by Gasteiger charge is 2.18. The first-order valence-electron chi connectivity index (χ1n) is 3.63. The number of nitrogens with zero attached hydrogens (tertiary/aromatic N) is 2. The van der Waals surface area contributed by atoms with Gasteiger partial charge in [0.05, 0.1) is 7.11 Å². The second kappa shape index (κ2) is 2.51. The number of anilines is 1. The van der Waals surface area contributed by atoms with Crippen molar-refractivity contribution in [1.82, 2.24) is 14.6 Å². The van der Waals surface area contributed by atoms with Crippen LogP contribution in [-0.4, -0.2) is 27.7 Å². The van der Waals surface area contributed by atoms with Crippen LogP contribution in [0.4, 0.5) is 5.82 Å². The van der Waals surface area contributed by atoms with Gasteiger partial charge in [0.1, 0.15) is 11.4 Å². The molecule has 0 aromatic carbocycles. The number of carbonyl (C=O) groups is 1. The van der Waals surface area contributed by atoms with Crippen molar-refractivity contribution in [3.63, 3.8) is 0 Å². The maximum absolute atomic E-state index is 11.2. The number of aromatic nitrogens is 3. The number of H-pyrrole nitrogens is 1. The van der Waals surface area contributed by atoms with E-state index in [1.165, 1.54) is 7.11 Å². The number of methoxy groups -OCH3 is 1. The number of rotatable bonds is 1. The monoisotopic (exact) mass is 180 g/mol. The van der Waals surface area contributed by atoms with Crippen molar-refractivity contribution >= 4 is 17.4 Å². The molecule has 0 fully saturated rings. The van der Waals surface area contributed by atoms with E-state index in [-0.39, 0.29) is 11.4 Å². The summed E-state index contributed by atoms with van der Waals surface area (Å²) in [6.45, 7) is 0. The summed E-state index contributed by atoms with van der Waals surface area (Å²) < 4.78 is 6.12. The maximum atomic E-state index is 11.2. The average Bonchev–Trinajstić information content (AvgIpc) is 2.62. The van der Waals surface area contributed by atoms with Gasteiger partial charge in [0.25, 0.3) is 0 Å². The molecule has 2 aromatic rings. The molecule has 2 aromatic heterocycles. The fourth-order valence-corrected chi connectivity index (χ4v) is 1.19. The molecule has 68 valence electrons. The Kier molecular flexibility index (Phi) is 1.48. The SMILES string of the molecule is COC(=O)c1c(N)[nH]n2ccnc12. The van der Waals surface area contributed by atoms with Crippen molar-refractivity contribution in [3.8, 4) is 0 Å². The van der Waals surface area contributed by atoms with Crippen LogP contribution in [0.3, 0.4) is 0 Å². The average molecular weight is 180 g/mol. The number of fused-ring (bicyclic) bond motifs is 1. The number of nitrogens with one attached hydrogen (secondary N) is 1. The Morgan fingerprint density at radius 3 is 3.23 bits per heavy atom. The molecule has 2 rings (SSSR count). The summed E-state index contributed by atoms with van der Waals surface area (Å²) in [6, 6.07) is 0. The van der Waals surface area contributed by atoms with Crippen LogP contribution in [0.1, 0.15) is 10.4 Å². The Morgan fingerprint density at radius 2 is 2.54 bits per heavy atom. The predicted molar refractivity (Wildman–Crippen MR) is 45.3 cm³/mol. The van der Waals surface area contributed by atoms with Gasteiger partial charge in [-0.25, -0.2) is 14.3 Å². The predicted octanol–water partition coefficient (Wildman–Crippen LogP) is 0.0312. The Balaban J connectivity index is 2.70. The number of ether oxygens (including phenoxy) is 1. The van der Waals surface area contributed by atoms with Crippen molar-refractivity contribution in [2.45, 2.75) is 0 Å². The van der Waals surface area contributed by atoms with Gasteiger partial charge in [-0.05, 0) is 0 Å². The van der Waals surface area contributed by atoms with Crippen molar-refractivity contribution in [3.05, 3.63) is 18.0 Å². The van der Waals surface area contributed by atoms with Gasteiger partial charge >= 0.3 is 5.97 Å². The summed E-state index contributed by atoms with van der Waals surface area (Å²) in [5.74, 6) is -0.232. The summed E-state index contributed by atoms with van der Waals surface area (Å²) in [6.07, 6.45) is 3.23. The van der Waals surface area contributed by atoms with E-state index >= 15 is 0 Å². The highest BCUT2D eigenvalue weighted by atomic mass is 16.5. The molecule has 0 spiro atoms. The number of hydrogen-bond donors (Lipinski definition) is 2. The van der Waals surface area contributed by atoms with E-state index < -0.39 is 5.97 Å². The molecule has 0 atom stereocenters. The zero-order chi connectivity index (χ0) is 9.42. The van der Waals surface area contributed by atoms with Crippen LogP contribution in [0.5, 0.6) is 0 Å². The van der Waals surface area contributed by atoms with Gasteiger partial charge in [0.15, 0.2) is 5.65 Å². The fraction of sp³-hybridized carbons (Fsp3) is 0.143. The summed E-state index contributed by atoms with van der Waals surface area (Å²) in [4.78, 5) is 15.2. The normalized spacial score (nSPS) is 10.5. The van der Waals surface area contributed by atoms with E-state index in [0.29, 0.717) is 5.65 Å². The zero-order valence-electron chi connectivity index (χ0n) is 6.94. The molecule has 13 heavy (non-hydrogen) atoms. The van der Waals surface area contributed by atoms with Gasteiger partial charge in [-0.1, -0.05) is 0 Å². The Morgan fingerprint density at radius 1 is 1.77 bits per heavy atom. The Labute approximate surface area is 73.3 Å². The number of nitrogens with two attached hydrogens (primary N) is 1. The van der Waals surface area contributed by atoms with Crippen LogP contribution in [0.25, 0.3) is 5.65 Å². The minimum Gasteiger partial charge on any atom is -0.465 e. The number of imidazole rings is 1. The van der Waals surface area contributed by atoms with Gasteiger partial charge in [-0.2, -0.15) is 0 Å². The Hall–Kier alpha value is -1.98. The summed E-state index contributed by atoms with van der Waals surface area (Å²) in [7, 11) is 1.30. The van der Waals surface area contributed by atoms with Crippen LogP contribution in [-0.2, 0) is 4.74 Å². The molecule has 0 saturated heterocycles. The van der Waals surface area contributed by atoms with E-state index in [1.807, 2.05) is 0 Å². The second-order valence-electron chi connectivity index (χ2n) is 2.51. The molecule has 0 aliphatic carbocycles. The smallest absolute Gasteiger partial charge is 0.345 e. The maximum Gasteiger partial charge on any atom is 0.345 e. The molecule has 6 nitrogen and oxygen atoms in total. The third-order valence-corrected chi connectivity index (χ3v) is 1.76. The molecule has 0 aliphatic rings. The van der Waals surface area contributed by atoms with Gasteiger partial charge in [0.2, 0.25) is 0 Å². The molecule has 0 aliphatic heterocycles. The minimum atomic E-state index is -0.491. The molecular formula is C7H8N4O2. The third-order valence-electron chi connectivity index (χ3n) is 1.76. The first-order chi connectivity index (χ1) is 6.24. The van der Waals surface area contributed by atoms with Crippen LogP contribution in [0, 0.1) is 0 Å². The molecule has 0 radical (unpaired) electrons. The van der Waals surface area contributed by atoms with Gasteiger partial charge in [0, 0.05) is 12.4 Å². The van der Waals surface area contributed by atoms with Crippen molar-refractivity contribution in [2.24, 2.45) is 0 Å². The first kappa shape index (κ1) is 7.66. The lowest BCUT2D eigenvalue weighted by atomic mass is 10.3. The Bertz CT molecular complexity index is 456. The van der Waals surface area contributed by atoms with Crippen molar-refractivity contribution in [1.29, 1.82) is 0 Å². The summed E-state index contributed by atoms with van der Waals surface area (Å²) in [5.41, 5.74) is 6.30. The zero-order valence-corrected chi connectivity index (χ0v) is 6.94. The molecule has 3 N–H and O–H groups in total. The van der Waals surface area contributed by atoms with Gasteiger partial charge in [-0.3, -0.25) is 5.10 Å². The highest BCUT2D eigenvalue weighted by molar-refractivity contribution is 6.00. The minimum absolute atomic E-state index is 0.259. The number of nitrogen functional groups attached to an aromatic ring is 1. The van der Waals surface area contributed by atoms with E-state index in [0.717, 1.165) is 0 Å². The first-order valence-corrected chi connectivity index (χ1v) is 3.63. The molecule has 0 saturated carbocycles. The van der Waals surface area contributed by atoms with E-state index in [4.69, 9.17) is 5.73 Å². The summed E-state index contributed by atoms with van der Waals surface area (Å²) >= 11 is 0. The van der Waals surface area contributed by atoms with Crippen LogP contribution < -0.4 is 5.73 Å². The number of aromatic amines is 1. The van der Waals surface area contributed by atoms with Crippen LogP contribution >= 0.6 is 0 Å². The molecule has 0 amide bonds. The summed E-state index contributed by atoms with van der Waals surface area (Å²) in [5, 5.41) is 2.75. The molecule has 2 heterocycles. The molecule has 6 heteroatoms. The highest BCUT2D eigenvalue weighted by Crippen LogP contribution is 2.16. The lowest BCUT2D eigenvalue weighted by molar-refractivity contribution is 0.0604. The molecule has 0 bridgehead atoms. The van der Waals surface area contributed by atoms with Gasteiger partial charge in [-0.15, -0.1) is 0 Å². The van der Waals surface area contributed by atoms with Crippen LogP contribution in [0.15, 0.2) is 12.4 Å².